The van der Waals surface area contributed by atoms with Gasteiger partial charge < -0.3 is 25.4 Å². The topological polar surface area (TPSA) is 139 Å². The Kier molecular flexibility index (Phi) is 7.17. The summed E-state index contributed by atoms with van der Waals surface area (Å²) in [5.41, 5.74) is 0.830. The number of aliphatic hydroxyl groups excluding tert-OH is 1. The van der Waals surface area contributed by atoms with Gasteiger partial charge in [0.25, 0.3) is 0 Å². The van der Waals surface area contributed by atoms with Gasteiger partial charge in [0.1, 0.15) is 23.8 Å². The lowest BCUT2D eigenvalue weighted by Gasteiger charge is -2.37. The number of ether oxygens (including phenoxy) is 1. The molecule has 4 heterocycles. The van der Waals surface area contributed by atoms with Crippen molar-refractivity contribution in [2.75, 3.05) is 6.61 Å². The van der Waals surface area contributed by atoms with Crippen LogP contribution in [0, 0.1) is 17.8 Å². The van der Waals surface area contributed by atoms with E-state index in [0.717, 1.165) is 11.1 Å². The highest BCUT2D eigenvalue weighted by Gasteiger charge is 2.80. The Morgan fingerprint density at radius 1 is 1.00 bits per heavy atom. The molecule has 0 saturated carbocycles. The molecule has 4 aromatic rings. The van der Waals surface area contributed by atoms with Crippen molar-refractivity contribution in [3.8, 4) is 0 Å². The summed E-state index contributed by atoms with van der Waals surface area (Å²) in [4.78, 5) is 44.5. The zero-order valence-corrected chi connectivity index (χ0v) is 25.2. The van der Waals surface area contributed by atoms with Crippen molar-refractivity contribution in [3.05, 3.63) is 96.1 Å². The highest BCUT2D eigenvalue weighted by atomic mass is 16.5. The first-order valence-corrected chi connectivity index (χ1v) is 15.3. The minimum atomic E-state index is -1.27. The van der Waals surface area contributed by atoms with Crippen LogP contribution < -0.4 is 10.6 Å². The second-order valence-electron chi connectivity index (χ2n) is 12.5. The van der Waals surface area contributed by atoms with E-state index in [0.29, 0.717) is 24.0 Å². The number of para-hydroxylation sites is 1. The fourth-order valence-electron chi connectivity index (χ4n) is 7.92. The summed E-state index contributed by atoms with van der Waals surface area (Å²) < 4.78 is 8.43. The van der Waals surface area contributed by atoms with E-state index in [1.165, 1.54) is 4.90 Å². The number of amides is 3. The van der Waals surface area contributed by atoms with Gasteiger partial charge in [0.15, 0.2) is 0 Å². The van der Waals surface area contributed by atoms with E-state index in [2.05, 4.69) is 20.9 Å². The van der Waals surface area contributed by atoms with E-state index in [9.17, 15) is 19.5 Å². The minimum Gasteiger partial charge on any atom is -0.394 e. The summed E-state index contributed by atoms with van der Waals surface area (Å²) in [6.45, 7) is 3.80. The molecule has 3 N–H and O–H groups in total. The molecule has 11 heteroatoms. The summed E-state index contributed by atoms with van der Waals surface area (Å²) >= 11 is 0. The Morgan fingerprint density at radius 3 is 2.42 bits per heavy atom. The molecule has 3 unspecified atom stereocenters. The first-order chi connectivity index (χ1) is 21.8. The lowest BCUT2D eigenvalue weighted by Crippen LogP contribution is -2.56. The Morgan fingerprint density at radius 2 is 1.69 bits per heavy atom. The van der Waals surface area contributed by atoms with Crippen LogP contribution in [0.15, 0.2) is 84.9 Å². The van der Waals surface area contributed by atoms with E-state index in [4.69, 9.17) is 4.74 Å². The number of hydrogen-bond donors (Lipinski definition) is 3. The zero-order valence-electron chi connectivity index (χ0n) is 25.2. The second-order valence-corrected chi connectivity index (χ2v) is 12.5. The number of carbonyl (C=O) groups excluding carboxylic acids is 3. The molecule has 3 aliphatic rings. The van der Waals surface area contributed by atoms with E-state index in [1.54, 1.807) is 4.68 Å². The van der Waals surface area contributed by atoms with Gasteiger partial charge in [0.05, 0.1) is 35.6 Å². The van der Waals surface area contributed by atoms with Crippen molar-refractivity contribution in [3.63, 3.8) is 0 Å². The standard InChI is InChI=1S/C34H36N6O5/c1-21-17-34-28(27(33(21,2)45-34)30(42)35-18-22-11-5-3-6-12-22)32(44)40(26(19-41)23-13-7-4-8-14-23)29(34)31(43)36-20-39-25-16-10-9-15-24(25)37-38-39/h3-16,21,26-29,41H,17-20H2,1-2H3,(H,35,42)(H,36,43)/t21?,26-,27+,28+,29?,33-,34?/m1/s1. The molecule has 0 aliphatic carbocycles. The third-order valence-corrected chi connectivity index (χ3v) is 10.1. The van der Waals surface area contributed by atoms with Crippen molar-refractivity contribution in [1.82, 2.24) is 30.5 Å². The highest BCUT2D eigenvalue weighted by Crippen LogP contribution is 2.66. The zero-order chi connectivity index (χ0) is 31.3. The van der Waals surface area contributed by atoms with Crippen LogP contribution in [-0.4, -0.2) is 66.6 Å². The van der Waals surface area contributed by atoms with Crippen LogP contribution in [0.4, 0.5) is 0 Å². The molecule has 3 fully saturated rings. The van der Waals surface area contributed by atoms with Crippen molar-refractivity contribution >= 4 is 28.8 Å². The number of rotatable bonds is 9. The lowest BCUT2D eigenvalue weighted by atomic mass is 9.62. The van der Waals surface area contributed by atoms with Gasteiger partial charge in [-0.2, -0.15) is 0 Å². The molecule has 3 aromatic carbocycles. The van der Waals surface area contributed by atoms with Gasteiger partial charge >= 0.3 is 0 Å². The number of aromatic nitrogens is 3. The van der Waals surface area contributed by atoms with Gasteiger partial charge in [0, 0.05) is 6.54 Å². The molecule has 7 atom stereocenters. The van der Waals surface area contributed by atoms with Crippen LogP contribution in [-0.2, 0) is 32.3 Å². The third kappa shape index (κ3) is 4.52. The minimum absolute atomic E-state index is 0.0154. The number of benzene rings is 3. The average Bonchev–Trinajstić information content (AvgIpc) is 3.74. The van der Waals surface area contributed by atoms with Crippen molar-refractivity contribution in [2.45, 2.75) is 56.8 Å². The molecule has 2 bridgehead atoms. The molecule has 7 rings (SSSR count). The van der Waals surface area contributed by atoms with Crippen LogP contribution in [0.1, 0.15) is 37.4 Å². The van der Waals surface area contributed by atoms with Crippen LogP contribution in [0.5, 0.6) is 0 Å². The Balaban J connectivity index is 1.26. The van der Waals surface area contributed by atoms with E-state index in [1.807, 2.05) is 98.8 Å². The van der Waals surface area contributed by atoms with E-state index >= 15 is 0 Å². The lowest BCUT2D eigenvalue weighted by molar-refractivity contribution is -0.151. The predicted molar refractivity (Wildman–Crippen MR) is 164 cm³/mol. The molecule has 1 spiro atoms. The SMILES string of the molecule is CC1CC23O[C@@]1(C)[C@H](C(=O)NCc1ccccc1)[C@H]2C(=O)N([C@H](CO)c1ccccc1)C3C(=O)NCn1nnc2ccccc21. The predicted octanol–water partition coefficient (Wildman–Crippen LogP) is 2.57. The Labute approximate surface area is 260 Å². The molecular weight excluding hydrogens is 572 g/mol. The Hall–Kier alpha value is -4.61. The highest BCUT2D eigenvalue weighted by molar-refractivity contribution is 5.99. The van der Waals surface area contributed by atoms with Crippen LogP contribution in [0.3, 0.4) is 0 Å². The summed E-state index contributed by atoms with van der Waals surface area (Å²) in [5.74, 6) is -2.96. The molecule has 232 valence electrons. The second kappa shape index (κ2) is 11.1. The quantitative estimate of drug-likeness (QED) is 0.266. The number of fused-ring (bicyclic) bond motifs is 2. The largest absolute Gasteiger partial charge is 0.394 e. The maximum atomic E-state index is 14.7. The summed E-state index contributed by atoms with van der Waals surface area (Å²) in [5, 5.41) is 25.1. The van der Waals surface area contributed by atoms with E-state index in [-0.39, 0.29) is 24.4 Å². The molecular formula is C34H36N6O5. The summed E-state index contributed by atoms with van der Waals surface area (Å²) in [7, 11) is 0. The molecule has 1 aromatic heterocycles. The Bertz CT molecular complexity index is 1750. The average molecular weight is 609 g/mol. The number of carbonyl (C=O) groups is 3. The number of likely N-dealkylation sites (tertiary alicyclic amines) is 1. The smallest absolute Gasteiger partial charge is 0.247 e. The van der Waals surface area contributed by atoms with Gasteiger partial charge in [-0.3, -0.25) is 14.4 Å². The molecule has 45 heavy (non-hydrogen) atoms. The van der Waals surface area contributed by atoms with Crippen molar-refractivity contribution in [1.29, 1.82) is 0 Å². The van der Waals surface area contributed by atoms with Gasteiger partial charge in [-0.1, -0.05) is 84.9 Å². The summed E-state index contributed by atoms with van der Waals surface area (Å²) in [6, 6.07) is 24.2. The normalized spacial score (nSPS) is 29.1. The maximum absolute atomic E-state index is 14.7. The van der Waals surface area contributed by atoms with Crippen LogP contribution in [0.25, 0.3) is 11.0 Å². The van der Waals surface area contributed by atoms with Crippen LogP contribution in [0.2, 0.25) is 0 Å². The van der Waals surface area contributed by atoms with Gasteiger partial charge in [-0.25, -0.2) is 4.68 Å². The van der Waals surface area contributed by atoms with E-state index < -0.39 is 47.6 Å². The number of nitrogens with zero attached hydrogens (tertiary/aromatic N) is 4. The van der Waals surface area contributed by atoms with Crippen LogP contribution >= 0.6 is 0 Å². The fourth-order valence-corrected chi connectivity index (χ4v) is 7.92. The number of hydrogen-bond acceptors (Lipinski definition) is 7. The van der Waals surface area contributed by atoms with Crippen molar-refractivity contribution < 1.29 is 24.2 Å². The first kappa shape index (κ1) is 29.1. The first-order valence-electron chi connectivity index (χ1n) is 15.3. The molecule has 0 radical (unpaired) electrons. The van der Waals surface area contributed by atoms with Crippen molar-refractivity contribution in [2.24, 2.45) is 17.8 Å². The van der Waals surface area contributed by atoms with Gasteiger partial charge in [-0.05, 0) is 42.5 Å². The molecule has 11 nitrogen and oxygen atoms in total. The maximum Gasteiger partial charge on any atom is 0.247 e. The number of aliphatic hydroxyl groups is 1. The molecule has 3 amide bonds. The molecule has 3 aliphatic heterocycles. The van der Waals surface area contributed by atoms with Gasteiger partial charge in [0.2, 0.25) is 17.7 Å². The number of nitrogens with one attached hydrogen (secondary N) is 2. The fraction of sp³-hybridized carbons (Fsp3) is 0.382. The third-order valence-electron chi connectivity index (χ3n) is 10.1. The summed E-state index contributed by atoms with van der Waals surface area (Å²) in [6.07, 6.45) is 0.413. The van der Waals surface area contributed by atoms with Gasteiger partial charge in [-0.15, -0.1) is 5.10 Å². The molecule has 3 saturated heterocycles. The monoisotopic (exact) mass is 608 g/mol.